The van der Waals surface area contributed by atoms with Crippen molar-refractivity contribution in [1.82, 2.24) is 9.80 Å². The lowest BCUT2D eigenvalue weighted by molar-refractivity contribution is -0.145. The number of carbonyl (C=O) groups excluding carboxylic acids is 2. The van der Waals surface area contributed by atoms with Gasteiger partial charge in [0.05, 0.1) is 20.1 Å². The van der Waals surface area contributed by atoms with Gasteiger partial charge in [-0.25, -0.2) is 0 Å². The van der Waals surface area contributed by atoms with Gasteiger partial charge in [-0.1, -0.05) is 13.0 Å². The first kappa shape index (κ1) is 20.0. The van der Waals surface area contributed by atoms with Crippen molar-refractivity contribution in [3.05, 3.63) is 29.8 Å². The summed E-state index contributed by atoms with van der Waals surface area (Å²) in [5.41, 5.74) is 0.552. The molecule has 1 atom stereocenters. The van der Waals surface area contributed by atoms with Crippen LogP contribution in [0.25, 0.3) is 0 Å². The van der Waals surface area contributed by atoms with Crippen LogP contribution in [-0.2, 0) is 9.53 Å². The summed E-state index contributed by atoms with van der Waals surface area (Å²) in [6.45, 7) is 3.55. The minimum atomic E-state index is -0.371. The molecule has 0 aromatic heterocycles. The third-order valence-corrected chi connectivity index (χ3v) is 3.74. The average molecular weight is 336 g/mol. The SMILES string of the molecule is COC(=O)C(C)CN(CCCN(C)C)C(=O)c1cccc(OC)c1. The van der Waals surface area contributed by atoms with E-state index in [0.29, 0.717) is 24.4 Å². The molecule has 0 bridgehead atoms. The minimum Gasteiger partial charge on any atom is -0.497 e. The van der Waals surface area contributed by atoms with Gasteiger partial charge in [0.15, 0.2) is 0 Å². The molecule has 1 unspecified atom stereocenters. The van der Waals surface area contributed by atoms with Gasteiger partial charge >= 0.3 is 5.97 Å². The topological polar surface area (TPSA) is 59.1 Å². The summed E-state index contributed by atoms with van der Waals surface area (Å²) in [7, 11) is 6.91. The lowest BCUT2D eigenvalue weighted by Gasteiger charge is -2.26. The van der Waals surface area contributed by atoms with E-state index in [1.807, 2.05) is 14.1 Å². The third-order valence-electron chi connectivity index (χ3n) is 3.74. The van der Waals surface area contributed by atoms with E-state index in [-0.39, 0.29) is 17.8 Å². The minimum absolute atomic E-state index is 0.108. The number of ether oxygens (including phenoxy) is 2. The fraction of sp³-hybridized carbons (Fsp3) is 0.556. The Bertz CT molecular complexity index is 546. The van der Waals surface area contributed by atoms with E-state index < -0.39 is 0 Å². The monoisotopic (exact) mass is 336 g/mol. The van der Waals surface area contributed by atoms with Gasteiger partial charge in [0, 0.05) is 18.7 Å². The Morgan fingerprint density at radius 3 is 2.46 bits per heavy atom. The molecule has 1 rings (SSSR count). The molecular weight excluding hydrogens is 308 g/mol. The zero-order chi connectivity index (χ0) is 18.1. The van der Waals surface area contributed by atoms with Crippen LogP contribution >= 0.6 is 0 Å². The Kier molecular flexibility index (Phi) is 8.26. The van der Waals surface area contributed by atoms with Gasteiger partial charge in [0.1, 0.15) is 5.75 Å². The van der Waals surface area contributed by atoms with Gasteiger partial charge in [0.25, 0.3) is 5.91 Å². The molecule has 24 heavy (non-hydrogen) atoms. The Labute approximate surface area is 144 Å². The van der Waals surface area contributed by atoms with E-state index in [9.17, 15) is 9.59 Å². The van der Waals surface area contributed by atoms with Crippen molar-refractivity contribution in [3.8, 4) is 5.75 Å². The molecule has 6 nitrogen and oxygen atoms in total. The fourth-order valence-corrected chi connectivity index (χ4v) is 2.40. The zero-order valence-electron chi connectivity index (χ0n) is 15.2. The molecule has 0 spiro atoms. The summed E-state index contributed by atoms with van der Waals surface area (Å²) in [5, 5.41) is 0. The van der Waals surface area contributed by atoms with Gasteiger partial charge in [-0.15, -0.1) is 0 Å². The molecule has 0 saturated carbocycles. The predicted octanol–water partition coefficient (Wildman–Crippen LogP) is 1.90. The highest BCUT2D eigenvalue weighted by Crippen LogP contribution is 2.16. The Morgan fingerprint density at radius 1 is 1.17 bits per heavy atom. The highest BCUT2D eigenvalue weighted by molar-refractivity contribution is 5.94. The molecule has 0 aliphatic heterocycles. The van der Waals surface area contributed by atoms with Crippen molar-refractivity contribution < 1.29 is 19.1 Å². The molecule has 0 saturated heterocycles. The first-order valence-electron chi connectivity index (χ1n) is 8.05. The van der Waals surface area contributed by atoms with Crippen molar-refractivity contribution in [1.29, 1.82) is 0 Å². The number of esters is 1. The van der Waals surface area contributed by atoms with E-state index in [1.165, 1.54) is 7.11 Å². The summed E-state index contributed by atoms with van der Waals surface area (Å²) < 4.78 is 9.95. The van der Waals surface area contributed by atoms with Crippen LogP contribution in [-0.4, -0.2) is 69.6 Å². The summed E-state index contributed by atoms with van der Waals surface area (Å²) in [4.78, 5) is 28.3. The van der Waals surface area contributed by atoms with E-state index in [2.05, 4.69) is 4.90 Å². The number of methoxy groups -OCH3 is 2. The molecule has 0 N–H and O–H groups in total. The predicted molar refractivity (Wildman–Crippen MR) is 93.2 cm³/mol. The molecule has 6 heteroatoms. The lowest BCUT2D eigenvalue weighted by atomic mass is 10.1. The maximum atomic E-state index is 12.8. The number of amides is 1. The van der Waals surface area contributed by atoms with E-state index >= 15 is 0 Å². The average Bonchev–Trinajstić information content (AvgIpc) is 2.59. The molecule has 1 amide bonds. The van der Waals surface area contributed by atoms with Crippen LogP contribution in [0.2, 0.25) is 0 Å². The maximum Gasteiger partial charge on any atom is 0.310 e. The van der Waals surface area contributed by atoms with Gasteiger partial charge in [-0.3, -0.25) is 9.59 Å². The molecular formula is C18H28N2O4. The van der Waals surface area contributed by atoms with Crippen LogP contribution in [0.15, 0.2) is 24.3 Å². The molecule has 0 radical (unpaired) electrons. The number of benzene rings is 1. The van der Waals surface area contributed by atoms with Crippen LogP contribution in [0.1, 0.15) is 23.7 Å². The second kappa shape index (κ2) is 9.93. The molecule has 0 aliphatic carbocycles. The van der Waals surface area contributed by atoms with Gasteiger partial charge in [-0.2, -0.15) is 0 Å². The largest absolute Gasteiger partial charge is 0.497 e. The van der Waals surface area contributed by atoms with Crippen LogP contribution < -0.4 is 4.74 Å². The number of nitrogens with zero attached hydrogens (tertiary/aromatic N) is 2. The third kappa shape index (κ3) is 6.20. The smallest absolute Gasteiger partial charge is 0.310 e. The summed E-state index contributed by atoms with van der Waals surface area (Å²) >= 11 is 0. The van der Waals surface area contributed by atoms with Crippen molar-refractivity contribution in [2.45, 2.75) is 13.3 Å². The fourth-order valence-electron chi connectivity index (χ4n) is 2.40. The number of hydrogen-bond acceptors (Lipinski definition) is 5. The Morgan fingerprint density at radius 2 is 1.88 bits per heavy atom. The van der Waals surface area contributed by atoms with Crippen molar-refractivity contribution >= 4 is 11.9 Å². The first-order chi connectivity index (χ1) is 11.4. The Balaban J connectivity index is 2.88. The van der Waals surface area contributed by atoms with Crippen molar-refractivity contribution in [3.63, 3.8) is 0 Å². The molecule has 0 fully saturated rings. The summed E-state index contributed by atoms with van der Waals surface area (Å²) in [5.74, 6) is -0.159. The standard InChI is InChI=1S/C18H28N2O4/c1-14(18(22)24-5)13-20(11-7-10-19(2)3)17(21)15-8-6-9-16(12-15)23-4/h6,8-9,12,14H,7,10-11,13H2,1-5H3. The van der Waals surface area contributed by atoms with Crippen LogP contribution in [0.5, 0.6) is 5.75 Å². The maximum absolute atomic E-state index is 12.8. The van der Waals surface area contributed by atoms with Crippen LogP contribution in [0, 0.1) is 5.92 Å². The molecule has 1 aromatic rings. The number of hydrogen-bond donors (Lipinski definition) is 0. The van der Waals surface area contributed by atoms with Crippen molar-refractivity contribution in [2.75, 3.05) is 47.9 Å². The molecule has 1 aromatic carbocycles. The highest BCUT2D eigenvalue weighted by Gasteiger charge is 2.22. The van der Waals surface area contributed by atoms with Crippen molar-refractivity contribution in [2.24, 2.45) is 5.92 Å². The molecule has 0 aliphatic rings. The lowest BCUT2D eigenvalue weighted by Crippen LogP contribution is -2.38. The highest BCUT2D eigenvalue weighted by atomic mass is 16.5. The summed E-state index contributed by atoms with van der Waals surface area (Å²) in [6.07, 6.45) is 0.830. The van der Waals surface area contributed by atoms with Gasteiger partial charge in [-0.05, 0) is 45.3 Å². The molecule has 134 valence electrons. The van der Waals surface area contributed by atoms with Gasteiger partial charge in [0.2, 0.25) is 0 Å². The second-order valence-electron chi connectivity index (χ2n) is 6.06. The van der Waals surface area contributed by atoms with Gasteiger partial charge < -0.3 is 19.3 Å². The first-order valence-corrected chi connectivity index (χ1v) is 8.05. The van der Waals surface area contributed by atoms with E-state index in [0.717, 1.165) is 13.0 Å². The molecule has 0 heterocycles. The summed E-state index contributed by atoms with van der Waals surface area (Å²) in [6, 6.07) is 7.05. The quantitative estimate of drug-likeness (QED) is 0.645. The van der Waals surface area contributed by atoms with E-state index in [4.69, 9.17) is 9.47 Å². The van der Waals surface area contributed by atoms with Crippen LogP contribution in [0.4, 0.5) is 0 Å². The van der Waals surface area contributed by atoms with E-state index in [1.54, 1.807) is 43.2 Å². The Hall–Kier alpha value is -2.08. The van der Waals surface area contributed by atoms with Crippen LogP contribution in [0.3, 0.4) is 0 Å². The number of carbonyl (C=O) groups is 2. The normalized spacial score (nSPS) is 11.9. The number of rotatable bonds is 9. The zero-order valence-corrected chi connectivity index (χ0v) is 15.2. The second-order valence-corrected chi connectivity index (χ2v) is 6.06.